The Labute approximate surface area is 111 Å². The van der Waals surface area contributed by atoms with Crippen LogP contribution in [-0.4, -0.2) is 32.8 Å². The third kappa shape index (κ3) is 1.56. The summed E-state index contributed by atoms with van der Waals surface area (Å²) in [5, 5.41) is 10.5. The zero-order chi connectivity index (χ0) is 13.6. The molecule has 2 rings (SSSR count). The van der Waals surface area contributed by atoms with E-state index >= 15 is 0 Å². The molecule has 2 atom stereocenters. The van der Waals surface area contributed by atoms with Gasteiger partial charge in [0, 0.05) is 11.1 Å². The van der Waals surface area contributed by atoms with Gasteiger partial charge < -0.3 is 5.11 Å². The van der Waals surface area contributed by atoms with Crippen LogP contribution in [0, 0.1) is 0 Å². The number of fused-ring (bicyclic) bond motifs is 1. The van der Waals surface area contributed by atoms with Crippen LogP contribution in [0.4, 0.5) is 0 Å². The molecular weight excluding hydrogens is 248 g/mol. The maximum absolute atomic E-state index is 12.6. The molecule has 1 aliphatic carbocycles. The van der Waals surface area contributed by atoms with Crippen LogP contribution in [-0.2, 0) is 0 Å². The topological polar surface area (TPSA) is 54.4 Å². The maximum Gasteiger partial charge on any atom is 0.196 e. The number of benzene rings is 1. The van der Waals surface area contributed by atoms with Gasteiger partial charge in [0.05, 0.1) is 0 Å². The van der Waals surface area contributed by atoms with E-state index in [2.05, 4.69) is 0 Å². The number of carbonyl (C=O) groups is 2. The minimum absolute atomic E-state index is 0.172. The lowest BCUT2D eigenvalue weighted by atomic mass is 9.72. The molecule has 18 heavy (non-hydrogen) atoms. The minimum Gasteiger partial charge on any atom is -0.380 e. The van der Waals surface area contributed by atoms with Crippen molar-refractivity contribution in [3.05, 3.63) is 35.4 Å². The zero-order valence-corrected chi connectivity index (χ0v) is 11.5. The molecule has 0 radical (unpaired) electrons. The van der Waals surface area contributed by atoms with Crippen LogP contribution in [0.5, 0.6) is 0 Å². The van der Waals surface area contributed by atoms with Crippen LogP contribution >= 0.6 is 11.8 Å². The van der Waals surface area contributed by atoms with Crippen molar-refractivity contribution in [1.29, 1.82) is 0 Å². The highest BCUT2D eigenvalue weighted by Crippen LogP contribution is 2.44. The number of carbonyl (C=O) groups excluding carboxylic acids is 2. The second-order valence-corrected chi connectivity index (χ2v) is 6.42. The van der Waals surface area contributed by atoms with Crippen LogP contribution in [0.3, 0.4) is 0 Å². The number of ketones is 2. The van der Waals surface area contributed by atoms with Gasteiger partial charge in [-0.05, 0) is 19.6 Å². The molecule has 3 nitrogen and oxygen atoms in total. The lowest BCUT2D eigenvalue weighted by Crippen LogP contribution is -2.61. The molecule has 4 heteroatoms. The van der Waals surface area contributed by atoms with Crippen LogP contribution < -0.4 is 0 Å². The molecule has 0 saturated carbocycles. The van der Waals surface area contributed by atoms with Crippen LogP contribution in [0.2, 0.25) is 0 Å². The lowest BCUT2D eigenvalue weighted by Gasteiger charge is -2.43. The molecule has 0 saturated heterocycles. The van der Waals surface area contributed by atoms with E-state index in [0.29, 0.717) is 16.9 Å². The molecule has 0 aromatic heterocycles. The van der Waals surface area contributed by atoms with Crippen LogP contribution in [0.15, 0.2) is 24.3 Å². The Kier molecular flexibility index (Phi) is 3.11. The largest absolute Gasteiger partial charge is 0.380 e. The van der Waals surface area contributed by atoms with Crippen molar-refractivity contribution in [1.82, 2.24) is 0 Å². The summed E-state index contributed by atoms with van der Waals surface area (Å²) >= 11 is 1.32. The summed E-state index contributed by atoms with van der Waals surface area (Å²) in [6, 6.07) is 6.69. The van der Waals surface area contributed by atoms with E-state index in [1.165, 1.54) is 18.7 Å². The van der Waals surface area contributed by atoms with Gasteiger partial charge in [-0.1, -0.05) is 31.2 Å². The van der Waals surface area contributed by atoms with Gasteiger partial charge in [-0.25, -0.2) is 0 Å². The van der Waals surface area contributed by atoms with Crippen molar-refractivity contribution in [2.75, 3.05) is 5.75 Å². The molecule has 0 unspecified atom stereocenters. The van der Waals surface area contributed by atoms with Crippen LogP contribution in [0.25, 0.3) is 0 Å². The summed E-state index contributed by atoms with van der Waals surface area (Å²) in [4.78, 5) is 24.9. The van der Waals surface area contributed by atoms with Gasteiger partial charge in [0.15, 0.2) is 11.6 Å². The summed E-state index contributed by atoms with van der Waals surface area (Å²) < 4.78 is -1.12. The number of thioether (sulfide) groups is 1. The third-order valence-electron chi connectivity index (χ3n) is 3.65. The van der Waals surface area contributed by atoms with E-state index in [4.69, 9.17) is 0 Å². The maximum atomic E-state index is 12.6. The van der Waals surface area contributed by atoms with Crippen molar-refractivity contribution in [2.45, 2.75) is 31.1 Å². The second-order valence-electron chi connectivity index (χ2n) is 4.74. The van der Waals surface area contributed by atoms with Gasteiger partial charge in [-0.2, -0.15) is 0 Å². The van der Waals surface area contributed by atoms with E-state index in [0.717, 1.165) is 0 Å². The number of aliphatic hydroxyl groups is 1. The Balaban J connectivity index is 2.68. The molecule has 96 valence electrons. The first-order chi connectivity index (χ1) is 8.36. The fraction of sp³-hybridized carbons (Fsp3) is 0.429. The quantitative estimate of drug-likeness (QED) is 0.890. The fourth-order valence-corrected chi connectivity index (χ4v) is 3.52. The smallest absolute Gasteiger partial charge is 0.196 e. The van der Waals surface area contributed by atoms with Gasteiger partial charge in [0.2, 0.25) is 0 Å². The molecule has 0 fully saturated rings. The highest BCUT2D eigenvalue weighted by Gasteiger charge is 2.58. The third-order valence-corrected chi connectivity index (χ3v) is 5.10. The summed E-state index contributed by atoms with van der Waals surface area (Å²) in [5.74, 6) is 0.115. The zero-order valence-electron chi connectivity index (χ0n) is 10.7. The first-order valence-electron chi connectivity index (χ1n) is 5.91. The molecule has 0 heterocycles. The Hall–Kier alpha value is -1.13. The van der Waals surface area contributed by atoms with Crippen molar-refractivity contribution in [3.8, 4) is 0 Å². The molecule has 1 aliphatic rings. The number of rotatable bonds is 2. The van der Waals surface area contributed by atoms with E-state index in [9.17, 15) is 14.7 Å². The standard InChI is InChI=1S/C14H16O3S/c1-4-18-14(3)12(16)10-8-6-5-7-9(10)11(15)13(14,2)17/h5-8,17H,4H2,1-3H3/t13-,14-/m1/s1. The van der Waals surface area contributed by atoms with Crippen molar-refractivity contribution in [3.63, 3.8) is 0 Å². The van der Waals surface area contributed by atoms with Gasteiger partial charge in [0.1, 0.15) is 10.3 Å². The van der Waals surface area contributed by atoms with Gasteiger partial charge in [0.25, 0.3) is 0 Å². The first kappa shape index (κ1) is 13.3. The molecule has 1 aromatic carbocycles. The summed E-state index contributed by atoms with van der Waals surface area (Å²) in [6.07, 6.45) is 0. The van der Waals surface area contributed by atoms with Crippen molar-refractivity contribution in [2.24, 2.45) is 0 Å². The fourth-order valence-electron chi connectivity index (χ4n) is 2.33. The molecular formula is C14H16O3S. The molecule has 0 spiro atoms. The van der Waals surface area contributed by atoms with Gasteiger partial charge in [-0.15, -0.1) is 11.8 Å². The lowest BCUT2D eigenvalue weighted by molar-refractivity contribution is 0.0201. The summed E-state index contributed by atoms with van der Waals surface area (Å²) in [7, 11) is 0. The Morgan fingerprint density at radius 1 is 1.11 bits per heavy atom. The number of hydrogen-bond donors (Lipinski definition) is 1. The summed E-state index contributed by atoms with van der Waals surface area (Å²) in [6.45, 7) is 4.99. The first-order valence-corrected chi connectivity index (χ1v) is 6.89. The van der Waals surface area contributed by atoms with Crippen molar-refractivity contribution >= 4 is 23.3 Å². The van der Waals surface area contributed by atoms with E-state index in [1.807, 2.05) is 6.92 Å². The van der Waals surface area contributed by atoms with Gasteiger partial charge in [-0.3, -0.25) is 9.59 Å². The highest BCUT2D eigenvalue weighted by atomic mass is 32.2. The average Bonchev–Trinajstić information content (AvgIpc) is 2.35. The normalized spacial score (nSPS) is 31.3. The molecule has 1 aromatic rings. The van der Waals surface area contributed by atoms with E-state index in [-0.39, 0.29) is 11.6 Å². The Morgan fingerprint density at radius 2 is 1.61 bits per heavy atom. The Bertz CT molecular complexity index is 522. The molecule has 0 bridgehead atoms. The predicted molar refractivity (Wildman–Crippen MR) is 72.3 cm³/mol. The second kappa shape index (κ2) is 4.21. The van der Waals surface area contributed by atoms with E-state index in [1.54, 1.807) is 31.2 Å². The molecule has 0 aliphatic heterocycles. The van der Waals surface area contributed by atoms with Crippen molar-refractivity contribution < 1.29 is 14.7 Å². The highest BCUT2D eigenvalue weighted by molar-refractivity contribution is 8.01. The summed E-state index contributed by atoms with van der Waals surface area (Å²) in [5.41, 5.74) is -0.932. The number of hydrogen-bond acceptors (Lipinski definition) is 4. The van der Waals surface area contributed by atoms with Crippen LogP contribution in [0.1, 0.15) is 41.5 Å². The Morgan fingerprint density at radius 3 is 2.11 bits per heavy atom. The monoisotopic (exact) mass is 264 g/mol. The van der Waals surface area contributed by atoms with Gasteiger partial charge >= 0.3 is 0 Å². The molecule has 0 amide bonds. The van der Waals surface area contributed by atoms with E-state index < -0.39 is 10.3 Å². The molecule has 1 N–H and O–H groups in total. The predicted octanol–water partition coefficient (Wildman–Crippen LogP) is 2.33. The minimum atomic E-state index is -1.67. The average molecular weight is 264 g/mol. The number of Topliss-reactive ketones (excluding diaryl/α,β-unsaturated/α-hetero) is 2. The SMILES string of the molecule is CCS[C@]1(C)C(=O)c2ccccc2C(=O)[C@@]1(C)O.